The summed E-state index contributed by atoms with van der Waals surface area (Å²) in [5.74, 6) is 1.53. The van der Waals surface area contributed by atoms with E-state index < -0.39 is 0 Å². The number of carbonyl (C=O) groups excluding carboxylic acids is 1. The highest BCUT2D eigenvalue weighted by atomic mass is 35.5. The summed E-state index contributed by atoms with van der Waals surface area (Å²) in [4.78, 5) is 19.0. The van der Waals surface area contributed by atoms with Gasteiger partial charge in [-0.25, -0.2) is 0 Å². The van der Waals surface area contributed by atoms with Crippen LogP contribution in [0.25, 0.3) is 0 Å². The number of hydrogen-bond donors (Lipinski definition) is 1. The zero-order chi connectivity index (χ0) is 18.4. The maximum Gasteiger partial charge on any atom is 0.253 e. The topological polar surface area (TPSA) is 54.5 Å². The molecule has 2 heterocycles. The molecule has 1 aliphatic rings. The number of aromatic nitrogens is 1. The molecule has 7 heteroatoms. The summed E-state index contributed by atoms with van der Waals surface area (Å²) in [6.07, 6.45) is 3.85. The Kier molecular flexibility index (Phi) is 10.3. The van der Waals surface area contributed by atoms with Crippen LogP contribution in [0.15, 0.2) is 42.6 Å². The van der Waals surface area contributed by atoms with E-state index in [-0.39, 0.29) is 30.7 Å². The van der Waals surface area contributed by atoms with Gasteiger partial charge in [-0.05, 0) is 69.1 Å². The Bertz CT molecular complexity index is 733. The van der Waals surface area contributed by atoms with Crippen LogP contribution in [0.2, 0.25) is 0 Å². The minimum atomic E-state index is 0. The average molecular weight is 426 g/mol. The first-order valence-electron chi connectivity index (χ1n) is 9.24. The molecule has 0 aliphatic carbocycles. The van der Waals surface area contributed by atoms with E-state index >= 15 is 0 Å². The number of nitrogens with zero attached hydrogens (tertiary/aromatic N) is 2. The molecular formula is C21H29Cl2N3O2. The van der Waals surface area contributed by atoms with Gasteiger partial charge in [-0.2, -0.15) is 0 Å². The van der Waals surface area contributed by atoms with Gasteiger partial charge in [-0.3, -0.25) is 9.78 Å². The standard InChI is InChI=1S/C21H27N3O2.2ClH/c1-16-6-7-20(14-23-16)26-15-18-4-3-5-19(12-18)21(25)24-10-8-17(9-11-24)13-22-2;;/h3-7,12,14,17,22H,8-11,13,15H2,1-2H3;2*1H. The molecule has 28 heavy (non-hydrogen) atoms. The van der Waals surface area contributed by atoms with Crippen molar-refractivity contribution < 1.29 is 9.53 Å². The smallest absolute Gasteiger partial charge is 0.253 e. The first-order valence-corrected chi connectivity index (χ1v) is 9.24. The fraction of sp³-hybridized carbons (Fsp3) is 0.429. The van der Waals surface area contributed by atoms with E-state index in [1.165, 1.54) is 0 Å². The Morgan fingerprint density at radius 1 is 1.21 bits per heavy atom. The van der Waals surface area contributed by atoms with Gasteiger partial charge >= 0.3 is 0 Å². The van der Waals surface area contributed by atoms with Crippen LogP contribution in [0.4, 0.5) is 0 Å². The molecule has 1 aliphatic heterocycles. The molecule has 2 aromatic rings. The summed E-state index contributed by atoms with van der Waals surface area (Å²) >= 11 is 0. The number of hydrogen-bond acceptors (Lipinski definition) is 4. The molecule has 1 fully saturated rings. The van der Waals surface area contributed by atoms with Crippen molar-refractivity contribution in [2.24, 2.45) is 5.92 Å². The van der Waals surface area contributed by atoms with Gasteiger partial charge in [0.25, 0.3) is 5.91 Å². The fourth-order valence-electron chi connectivity index (χ4n) is 3.31. The van der Waals surface area contributed by atoms with Crippen molar-refractivity contribution in [3.05, 3.63) is 59.4 Å². The van der Waals surface area contributed by atoms with Crippen molar-refractivity contribution in [3.63, 3.8) is 0 Å². The van der Waals surface area contributed by atoms with Gasteiger partial charge < -0.3 is 15.0 Å². The van der Waals surface area contributed by atoms with Crippen LogP contribution < -0.4 is 10.1 Å². The second-order valence-electron chi connectivity index (χ2n) is 6.92. The zero-order valence-electron chi connectivity index (χ0n) is 16.4. The Morgan fingerprint density at radius 3 is 2.61 bits per heavy atom. The maximum absolute atomic E-state index is 12.8. The summed E-state index contributed by atoms with van der Waals surface area (Å²) in [6.45, 7) is 5.07. The quantitative estimate of drug-likeness (QED) is 0.762. The molecule has 5 nitrogen and oxygen atoms in total. The minimum Gasteiger partial charge on any atom is -0.487 e. The third kappa shape index (κ3) is 6.66. The predicted molar refractivity (Wildman–Crippen MR) is 117 cm³/mol. The summed E-state index contributed by atoms with van der Waals surface area (Å²) in [5, 5.41) is 3.23. The molecular weight excluding hydrogens is 397 g/mol. The van der Waals surface area contributed by atoms with Crippen LogP contribution in [0.1, 0.15) is 34.5 Å². The van der Waals surface area contributed by atoms with E-state index in [4.69, 9.17) is 4.74 Å². The lowest BCUT2D eigenvalue weighted by molar-refractivity contribution is 0.0690. The third-order valence-electron chi connectivity index (χ3n) is 4.86. The van der Waals surface area contributed by atoms with Crippen LogP contribution in [-0.2, 0) is 6.61 Å². The third-order valence-corrected chi connectivity index (χ3v) is 4.86. The van der Waals surface area contributed by atoms with Crippen molar-refractivity contribution >= 4 is 30.7 Å². The van der Waals surface area contributed by atoms with E-state index in [0.717, 1.165) is 55.0 Å². The highest BCUT2D eigenvalue weighted by molar-refractivity contribution is 5.94. The van der Waals surface area contributed by atoms with Gasteiger partial charge in [-0.15, -0.1) is 24.8 Å². The second-order valence-corrected chi connectivity index (χ2v) is 6.92. The van der Waals surface area contributed by atoms with Crippen molar-refractivity contribution in [1.29, 1.82) is 0 Å². The first kappa shape index (κ1) is 24.2. The number of piperidine rings is 1. The number of nitrogens with one attached hydrogen (secondary N) is 1. The molecule has 1 amide bonds. The fourth-order valence-corrected chi connectivity index (χ4v) is 3.31. The van der Waals surface area contributed by atoms with Gasteiger partial charge in [0, 0.05) is 24.3 Å². The van der Waals surface area contributed by atoms with Crippen LogP contribution in [0.5, 0.6) is 5.75 Å². The normalized spacial score (nSPS) is 14.0. The monoisotopic (exact) mass is 425 g/mol. The predicted octanol–water partition coefficient (Wildman–Crippen LogP) is 3.88. The minimum absolute atomic E-state index is 0. The zero-order valence-corrected chi connectivity index (χ0v) is 18.0. The van der Waals surface area contributed by atoms with Crippen LogP contribution in [0.3, 0.4) is 0 Å². The lowest BCUT2D eigenvalue weighted by Crippen LogP contribution is -2.40. The number of likely N-dealkylation sites (tertiary alicyclic amines) is 1. The van der Waals surface area contributed by atoms with Gasteiger partial charge in [0.1, 0.15) is 12.4 Å². The van der Waals surface area contributed by atoms with E-state index in [1.807, 2.05) is 55.3 Å². The summed E-state index contributed by atoms with van der Waals surface area (Å²) in [5.41, 5.74) is 2.69. The number of amides is 1. The molecule has 3 rings (SSSR count). The van der Waals surface area contributed by atoms with Crippen LogP contribution in [-0.4, -0.2) is 42.5 Å². The van der Waals surface area contributed by atoms with Crippen LogP contribution >= 0.6 is 24.8 Å². The molecule has 154 valence electrons. The van der Waals surface area contributed by atoms with Crippen molar-refractivity contribution in [3.8, 4) is 5.75 Å². The van der Waals surface area contributed by atoms with E-state index in [2.05, 4.69) is 10.3 Å². The van der Waals surface area contributed by atoms with E-state index in [9.17, 15) is 4.79 Å². The molecule has 0 spiro atoms. The number of pyridine rings is 1. The number of ether oxygens (including phenoxy) is 1. The molecule has 0 unspecified atom stereocenters. The highest BCUT2D eigenvalue weighted by Gasteiger charge is 2.23. The number of rotatable bonds is 6. The summed E-state index contributed by atoms with van der Waals surface area (Å²) in [7, 11) is 1.98. The van der Waals surface area contributed by atoms with Crippen molar-refractivity contribution in [2.75, 3.05) is 26.7 Å². The average Bonchev–Trinajstić information content (AvgIpc) is 2.68. The van der Waals surface area contributed by atoms with Gasteiger partial charge in [0.05, 0.1) is 6.20 Å². The molecule has 1 saturated heterocycles. The first-order chi connectivity index (χ1) is 12.7. The molecule has 1 aromatic carbocycles. The summed E-state index contributed by atoms with van der Waals surface area (Å²) < 4.78 is 5.77. The SMILES string of the molecule is CNCC1CCN(C(=O)c2cccc(COc3ccc(C)nc3)c2)CC1.Cl.Cl. The van der Waals surface area contributed by atoms with Crippen LogP contribution in [0, 0.1) is 12.8 Å². The molecule has 1 N–H and O–H groups in total. The number of benzene rings is 1. The van der Waals surface area contributed by atoms with Gasteiger partial charge in [0.15, 0.2) is 0 Å². The second kappa shape index (κ2) is 11.9. The Balaban J connectivity index is 0.00000196. The number of carbonyl (C=O) groups is 1. The largest absolute Gasteiger partial charge is 0.487 e. The Hall–Kier alpha value is -1.82. The van der Waals surface area contributed by atoms with Gasteiger partial charge in [-0.1, -0.05) is 12.1 Å². The number of halogens is 2. The molecule has 0 radical (unpaired) electrons. The van der Waals surface area contributed by atoms with Crippen molar-refractivity contribution in [1.82, 2.24) is 15.2 Å². The highest BCUT2D eigenvalue weighted by Crippen LogP contribution is 2.19. The lowest BCUT2D eigenvalue weighted by atomic mass is 9.96. The molecule has 0 atom stereocenters. The van der Waals surface area contributed by atoms with Gasteiger partial charge in [0.2, 0.25) is 0 Å². The Labute approximate surface area is 179 Å². The molecule has 1 aromatic heterocycles. The lowest BCUT2D eigenvalue weighted by Gasteiger charge is -2.32. The maximum atomic E-state index is 12.8. The Morgan fingerprint density at radius 2 is 1.96 bits per heavy atom. The molecule has 0 bridgehead atoms. The number of aryl methyl sites for hydroxylation is 1. The summed E-state index contributed by atoms with van der Waals surface area (Å²) in [6, 6.07) is 11.6. The van der Waals surface area contributed by atoms with Crippen molar-refractivity contribution in [2.45, 2.75) is 26.4 Å². The molecule has 0 saturated carbocycles. The van der Waals surface area contributed by atoms with E-state index in [0.29, 0.717) is 12.5 Å². The van der Waals surface area contributed by atoms with E-state index in [1.54, 1.807) is 6.20 Å².